The second kappa shape index (κ2) is 7.88. The van der Waals surface area contributed by atoms with Crippen LogP contribution in [0.2, 0.25) is 0 Å². The molecule has 1 aliphatic rings. The van der Waals surface area contributed by atoms with Crippen LogP contribution in [-0.4, -0.2) is 34.0 Å². The second-order valence-electron chi connectivity index (χ2n) is 7.92. The van der Waals surface area contributed by atoms with Crippen LogP contribution in [0.1, 0.15) is 25.3 Å². The molecule has 0 N–H and O–H groups in total. The van der Waals surface area contributed by atoms with E-state index < -0.39 is 0 Å². The van der Waals surface area contributed by atoms with Gasteiger partial charge in [0.15, 0.2) is 16.3 Å². The Kier molecular flexibility index (Phi) is 5.05. The van der Waals surface area contributed by atoms with Gasteiger partial charge in [0.05, 0.1) is 18.2 Å². The van der Waals surface area contributed by atoms with Gasteiger partial charge in [-0.15, -0.1) is 0 Å². The van der Waals surface area contributed by atoms with Crippen LogP contribution in [0, 0.1) is 0 Å². The number of rotatable bonds is 7. The predicted molar refractivity (Wildman–Crippen MR) is 121 cm³/mol. The minimum absolute atomic E-state index is 0.283. The van der Waals surface area contributed by atoms with Gasteiger partial charge in [-0.05, 0) is 24.8 Å². The molecule has 0 atom stereocenters. The number of aromatic nitrogens is 6. The highest BCUT2D eigenvalue weighted by atomic mass is 32.2. The van der Waals surface area contributed by atoms with Crippen molar-refractivity contribution < 1.29 is 0 Å². The lowest BCUT2D eigenvalue weighted by Crippen LogP contribution is -2.39. The first-order chi connectivity index (χ1) is 15.1. The van der Waals surface area contributed by atoms with Crippen molar-refractivity contribution in [3.05, 3.63) is 63.7 Å². The van der Waals surface area contributed by atoms with Gasteiger partial charge in [-0.25, -0.2) is 14.8 Å². The molecule has 3 aromatic heterocycles. The number of imidazole rings is 2. The number of nitrogens with zero attached hydrogens (tertiary/aromatic N) is 6. The number of benzene rings is 1. The van der Waals surface area contributed by atoms with Crippen molar-refractivity contribution >= 4 is 22.9 Å². The summed E-state index contributed by atoms with van der Waals surface area (Å²) in [5, 5.41) is 1.00. The van der Waals surface area contributed by atoms with Crippen molar-refractivity contribution in [1.82, 2.24) is 28.2 Å². The molecule has 1 saturated carbocycles. The minimum Gasteiger partial charge on any atom is -0.328 e. The maximum Gasteiger partial charge on any atom is 0.332 e. The fraction of sp³-hybridized carbons (Fsp3) is 0.364. The fourth-order valence-electron chi connectivity index (χ4n) is 3.94. The standard InChI is InChI=1S/C22H24N6O2S/c1-25-14-24-19-18(25)20(29)27(22(30)26(19)2)11-6-12-31-21-23-13-17(28(21)16-9-10-16)15-7-4-3-5-8-15/h3-5,7-8,13-14,16H,6,9-12H2,1-2H3. The van der Waals surface area contributed by atoms with Crippen LogP contribution in [0.4, 0.5) is 0 Å². The van der Waals surface area contributed by atoms with Crippen molar-refractivity contribution in [3.8, 4) is 11.3 Å². The summed E-state index contributed by atoms with van der Waals surface area (Å²) in [5.74, 6) is 0.775. The normalized spacial score (nSPS) is 13.9. The highest BCUT2D eigenvalue weighted by Crippen LogP contribution is 2.41. The van der Waals surface area contributed by atoms with E-state index >= 15 is 0 Å². The molecule has 4 aromatic rings. The Bertz CT molecular complexity index is 1360. The number of hydrogen-bond acceptors (Lipinski definition) is 5. The van der Waals surface area contributed by atoms with Gasteiger partial charge in [0.1, 0.15) is 0 Å². The van der Waals surface area contributed by atoms with Gasteiger partial charge in [-0.3, -0.25) is 13.9 Å². The Morgan fingerprint density at radius 2 is 1.87 bits per heavy atom. The molecule has 1 fully saturated rings. The van der Waals surface area contributed by atoms with E-state index in [1.54, 1.807) is 36.8 Å². The van der Waals surface area contributed by atoms with E-state index in [1.165, 1.54) is 27.5 Å². The van der Waals surface area contributed by atoms with Crippen molar-refractivity contribution in [2.45, 2.75) is 37.0 Å². The first-order valence-corrected chi connectivity index (χ1v) is 11.4. The minimum atomic E-state index is -0.327. The quantitative estimate of drug-likeness (QED) is 0.329. The average molecular weight is 437 g/mol. The Labute approximate surface area is 183 Å². The summed E-state index contributed by atoms with van der Waals surface area (Å²) in [6, 6.07) is 10.9. The van der Waals surface area contributed by atoms with Crippen LogP contribution in [0.3, 0.4) is 0 Å². The maximum absolute atomic E-state index is 12.8. The zero-order valence-electron chi connectivity index (χ0n) is 17.6. The summed E-state index contributed by atoms with van der Waals surface area (Å²) in [7, 11) is 3.42. The first-order valence-electron chi connectivity index (χ1n) is 10.4. The molecule has 9 heteroatoms. The molecule has 160 valence electrons. The summed E-state index contributed by atoms with van der Waals surface area (Å²) < 4.78 is 6.76. The Morgan fingerprint density at radius 3 is 2.61 bits per heavy atom. The SMILES string of the molecule is Cn1cnc2c1c(=O)n(CCCSc1ncc(-c3ccccc3)n1C1CC1)c(=O)n2C. The van der Waals surface area contributed by atoms with Gasteiger partial charge in [0, 0.05) is 32.4 Å². The Balaban J connectivity index is 1.33. The van der Waals surface area contributed by atoms with Gasteiger partial charge in [-0.2, -0.15) is 0 Å². The largest absolute Gasteiger partial charge is 0.332 e. The monoisotopic (exact) mass is 436 g/mol. The number of thioether (sulfide) groups is 1. The highest BCUT2D eigenvalue weighted by Gasteiger charge is 2.29. The zero-order chi connectivity index (χ0) is 21.5. The highest BCUT2D eigenvalue weighted by molar-refractivity contribution is 7.99. The van der Waals surface area contributed by atoms with Crippen LogP contribution >= 0.6 is 11.8 Å². The lowest BCUT2D eigenvalue weighted by atomic mass is 10.2. The van der Waals surface area contributed by atoms with E-state index in [-0.39, 0.29) is 11.2 Å². The van der Waals surface area contributed by atoms with E-state index in [0.29, 0.717) is 30.2 Å². The number of fused-ring (bicyclic) bond motifs is 1. The zero-order valence-corrected chi connectivity index (χ0v) is 18.4. The second-order valence-corrected chi connectivity index (χ2v) is 8.98. The third kappa shape index (κ3) is 3.52. The van der Waals surface area contributed by atoms with Gasteiger partial charge < -0.3 is 9.13 Å². The van der Waals surface area contributed by atoms with Crippen LogP contribution in [0.25, 0.3) is 22.4 Å². The summed E-state index contributed by atoms with van der Waals surface area (Å²) in [5.41, 5.74) is 2.58. The van der Waals surface area contributed by atoms with Crippen LogP contribution in [-0.2, 0) is 20.6 Å². The maximum atomic E-state index is 12.8. The smallest absolute Gasteiger partial charge is 0.328 e. The molecular formula is C22H24N6O2S. The van der Waals surface area contributed by atoms with E-state index in [9.17, 15) is 9.59 Å². The van der Waals surface area contributed by atoms with Crippen molar-refractivity contribution in [3.63, 3.8) is 0 Å². The molecule has 31 heavy (non-hydrogen) atoms. The number of hydrogen-bond donors (Lipinski definition) is 0. The Hall–Kier alpha value is -3.07. The lowest BCUT2D eigenvalue weighted by molar-refractivity contribution is 0.593. The molecular weight excluding hydrogens is 412 g/mol. The van der Waals surface area contributed by atoms with E-state index in [2.05, 4.69) is 26.7 Å². The molecule has 0 amide bonds. The van der Waals surface area contributed by atoms with Gasteiger partial charge in [0.25, 0.3) is 5.56 Å². The van der Waals surface area contributed by atoms with E-state index in [0.717, 1.165) is 16.6 Å². The van der Waals surface area contributed by atoms with Gasteiger partial charge in [0.2, 0.25) is 0 Å². The van der Waals surface area contributed by atoms with Crippen LogP contribution in [0.5, 0.6) is 0 Å². The predicted octanol–water partition coefficient (Wildman–Crippen LogP) is 2.81. The van der Waals surface area contributed by atoms with Crippen molar-refractivity contribution in [2.75, 3.05) is 5.75 Å². The molecule has 1 aromatic carbocycles. The molecule has 0 saturated heterocycles. The van der Waals surface area contributed by atoms with Gasteiger partial charge >= 0.3 is 5.69 Å². The number of aryl methyl sites for hydroxylation is 2. The van der Waals surface area contributed by atoms with E-state index in [1.807, 2.05) is 24.4 Å². The Morgan fingerprint density at radius 1 is 1.10 bits per heavy atom. The molecule has 8 nitrogen and oxygen atoms in total. The average Bonchev–Trinajstić information content (AvgIpc) is 3.41. The fourth-order valence-corrected chi connectivity index (χ4v) is 4.91. The third-order valence-electron chi connectivity index (χ3n) is 5.70. The molecule has 0 unspecified atom stereocenters. The molecule has 1 aliphatic carbocycles. The van der Waals surface area contributed by atoms with Crippen LogP contribution in [0.15, 0.2) is 57.6 Å². The topological polar surface area (TPSA) is 79.6 Å². The molecule has 0 bridgehead atoms. The van der Waals surface area contributed by atoms with Crippen molar-refractivity contribution in [1.29, 1.82) is 0 Å². The molecule has 3 heterocycles. The van der Waals surface area contributed by atoms with Crippen molar-refractivity contribution in [2.24, 2.45) is 14.1 Å². The molecule has 5 rings (SSSR count). The molecule has 0 spiro atoms. The summed E-state index contributed by atoms with van der Waals surface area (Å²) in [6.07, 6.45) is 6.57. The summed E-state index contributed by atoms with van der Waals surface area (Å²) in [4.78, 5) is 34.3. The third-order valence-corrected chi connectivity index (χ3v) is 6.76. The molecule has 0 radical (unpaired) electrons. The summed E-state index contributed by atoms with van der Waals surface area (Å²) in [6.45, 7) is 0.370. The van der Waals surface area contributed by atoms with Gasteiger partial charge in [-0.1, -0.05) is 42.1 Å². The van der Waals surface area contributed by atoms with E-state index in [4.69, 9.17) is 0 Å². The van der Waals surface area contributed by atoms with Crippen LogP contribution < -0.4 is 11.2 Å². The first kappa shape index (κ1) is 19.9. The lowest BCUT2D eigenvalue weighted by Gasteiger charge is -2.11. The molecule has 0 aliphatic heterocycles. The summed E-state index contributed by atoms with van der Waals surface area (Å²) >= 11 is 1.68.